The molecular weight excluding hydrogens is 612 g/mol. The molecule has 258 valence electrons. The molecule has 2 aromatic carbocycles. The second kappa shape index (κ2) is 11.2. The number of ether oxygens (including phenoxy) is 2. The van der Waals surface area contributed by atoms with Crippen molar-refractivity contribution >= 4 is 28.3 Å². The first-order valence-electron chi connectivity index (χ1n) is 18.5. The number of nitrogens with zero attached hydrogens (tertiary/aromatic N) is 2. The number of aromatic amines is 1. The van der Waals surface area contributed by atoms with Gasteiger partial charge in [-0.25, -0.2) is 0 Å². The van der Waals surface area contributed by atoms with Crippen molar-refractivity contribution < 1.29 is 19.1 Å². The van der Waals surface area contributed by atoms with E-state index in [1.165, 1.54) is 27.7 Å². The number of benzene rings is 2. The number of carbonyl (C=O) groups is 2. The molecule has 1 spiro atoms. The van der Waals surface area contributed by atoms with Gasteiger partial charge < -0.3 is 19.8 Å². The molecule has 5 fully saturated rings. The van der Waals surface area contributed by atoms with Crippen LogP contribution < -0.4 is 10.1 Å². The SMILES string of the molecule is C/C=C1/CN(C)[C@H]2Cc3c([nH]c4ccccc34)[C@H](C34C[C@H](CC)[C@H]5[C@@H](C3)C3(CCN5C4)Nc4ccc(OC)cc4C3=O)C[C@@H]1[C@@H]2C(=O)OC. The van der Waals surface area contributed by atoms with Crippen LogP contribution in [0.15, 0.2) is 54.1 Å². The third kappa shape index (κ3) is 4.29. The van der Waals surface area contributed by atoms with Crippen LogP contribution in [0.2, 0.25) is 0 Å². The minimum absolute atomic E-state index is 0.0483. The molecule has 1 aromatic heterocycles. The molecule has 49 heavy (non-hydrogen) atoms. The van der Waals surface area contributed by atoms with E-state index in [0.29, 0.717) is 12.0 Å². The van der Waals surface area contributed by atoms with Gasteiger partial charge in [0.25, 0.3) is 0 Å². The maximum Gasteiger partial charge on any atom is 0.310 e. The molecule has 8 nitrogen and oxygen atoms in total. The van der Waals surface area contributed by atoms with E-state index in [4.69, 9.17) is 9.47 Å². The van der Waals surface area contributed by atoms with Gasteiger partial charge in [-0.1, -0.05) is 43.2 Å². The Hall–Kier alpha value is -3.62. The van der Waals surface area contributed by atoms with Crippen LogP contribution in [-0.2, 0) is 16.0 Å². The van der Waals surface area contributed by atoms with Crippen LogP contribution in [0.1, 0.15) is 73.5 Å². The number of hydrogen-bond donors (Lipinski definition) is 2. The third-order valence-corrected chi connectivity index (χ3v) is 14.3. The van der Waals surface area contributed by atoms with Crippen molar-refractivity contribution in [1.82, 2.24) is 14.8 Å². The number of likely N-dealkylation sites (tertiary alicyclic amines) is 1. The van der Waals surface area contributed by atoms with Gasteiger partial charge in [0.15, 0.2) is 5.78 Å². The highest BCUT2D eigenvalue weighted by atomic mass is 16.5. The van der Waals surface area contributed by atoms with Gasteiger partial charge >= 0.3 is 5.97 Å². The number of rotatable bonds is 4. The molecule has 0 amide bonds. The maximum atomic E-state index is 14.7. The predicted octanol–water partition coefficient (Wildman–Crippen LogP) is 6.43. The van der Waals surface area contributed by atoms with Crippen molar-refractivity contribution in [3.63, 3.8) is 0 Å². The first kappa shape index (κ1) is 31.4. The number of ketones is 1. The molecule has 10 rings (SSSR count). The van der Waals surface area contributed by atoms with Crippen molar-refractivity contribution in [2.24, 2.45) is 29.1 Å². The first-order valence-corrected chi connectivity index (χ1v) is 18.5. The van der Waals surface area contributed by atoms with Crippen LogP contribution in [0.25, 0.3) is 10.9 Å². The van der Waals surface area contributed by atoms with Crippen LogP contribution in [0.4, 0.5) is 5.69 Å². The molecule has 2 N–H and O–H groups in total. The number of allylic oxidation sites excluding steroid dienone is 1. The molecule has 1 saturated carbocycles. The first-order chi connectivity index (χ1) is 23.8. The number of hydrogen-bond acceptors (Lipinski definition) is 7. The van der Waals surface area contributed by atoms with Crippen molar-refractivity contribution in [3.8, 4) is 5.75 Å². The Morgan fingerprint density at radius 3 is 2.76 bits per heavy atom. The molecular formula is C41H50N4O4. The summed E-state index contributed by atoms with van der Waals surface area (Å²) >= 11 is 0. The number of aromatic nitrogens is 1. The maximum absolute atomic E-state index is 14.7. The number of Topliss-reactive ketones (excluding diaryl/α,β-unsaturated/α-hetero) is 1. The summed E-state index contributed by atoms with van der Waals surface area (Å²) in [5.74, 6) is 1.66. The summed E-state index contributed by atoms with van der Waals surface area (Å²) in [4.78, 5) is 37.8. The Morgan fingerprint density at radius 1 is 1.14 bits per heavy atom. The van der Waals surface area contributed by atoms with E-state index in [9.17, 15) is 9.59 Å². The quantitative estimate of drug-likeness (QED) is 0.246. The lowest BCUT2D eigenvalue weighted by Crippen LogP contribution is -2.74. The Labute approximate surface area is 289 Å². The third-order valence-electron chi connectivity index (χ3n) is 14.3. The van der Waals surface area contributed by atoms with Gasteiger partial charge in [0, 0.05) is 71.4 Å². The molecule has 8 heteroatoms. The summed E-state index contributed by atoms with van der Waals surface area (Å²) < 4.78 is 11.2. The minimum Gasteiger partial charge on any atom is -0.497 e. The lowest BCUT2D eigenvalue weighted by Gasteiger charge is -2.68. The Kier molecular flexibility index (Phi) is 7.17. The number of esters is 1. The monoisotopic (exact) mass is 662 g/mol. The highest BCUT2D eigenvalue weighted by Gasteiger charge is 2.67. The van der Waals surface area contributed by atoms with Crippen LogP contribution in [0, 0.1) is 29.1 Å². The van der Waals surface area contributed by atoms with Crippen LogP contribution in [-0.4, -0.2) is 85.1 Å². The van der Waals surface area contributed by atoms with Gasteiger partial charge in [-0.05, 0) is 93.2 Å². The molecule has 3 unspecified atom stereocenters. The van der Waals surface area contributed by atoms with E-state index in [1.54, 1.807) is 14.2 Å². The molecule has 0 radical (unpaired) electrons. The summed E-state index contributed by atoms with van der Waals surface area (Å²) in [6.07, 6.45) is 8.04. The number of likely N-dealkylation sites (N-methyl/N-ethyl adjacent to an activating group) is 1. The van der Waals surface area contributed by atoms with E-state index in [2.05, 4.69) is 71.3 Å². The van der Waals surface area contributed by atoms with E-state index in [-0.39, 0.29) is 46.9 Å². The number of carbonyl (C=O) groups excluding carboxylic acids is 2. The summed E-state index contributed by atoms with van der Waals surface area (Å²) in [5, 5.41) is 5.16. The fourth-order valence-corrected chi connectivity index (χ4v) is 12.2. The number of fused-ring (bicyclic) bond motifs is 7. The zero-order valence-electron chi connectivity index (χ0n) is 29.6. The highest BCUT2D eigenvalue weighted by molar-refractivity contribution is 6.14. The van der Waals surface area contributed by atoms with Crippen molar-refractivity contribution in [2.75, 3.05) is 46.2 Å². The van der Waals surface area contributed by atoms with E-state index in [1.807, 2.05) is 18.2 Å². The van der Waals surface area contributed by atoms with Gasteiger partial charge in [0.1, 0.15) is 11.3 Å². The number of anilines is 1. The summed E-state index contributed by atoms with van der Waals surface area (Å²) in [6, 6.07) is 15.1. The Morgan fingerprint density at radius 2 is 1.98 bits per heavy atom. The van der Waals surface area contributed by atoms with Crippen molar-refractivity contribution in [2.45, 2.75) is 75.9 Å². The van der Waals surface area contributed by atoms with Gasteiger partial charge in [-0.3, -0.25) is 19.4 Å². The van der Waals surface area contributed by atoms with Crippen molar-refractivity contribution in [3.05, 3.63) is 70.9 Å². The second-order valence-electron chi connectivity index (χ2n) is 16.2. The number of piperidine rings is 4. The van der Waals surface area contributed by atoms with Gasteiger partial charge in [-0.2, -0.15) is 0 Å². The van der Waals surface area contributed by atoms with E-state index in [0.717, 1.165) is 75.2 Å². The topological polar surface area (TPSA) is 86.9 Å². The fourth-order valence-electron chi connectivity index (χ4n) is 12.2. The van der Waals surface area contributed by atoms with Crippen LogP contribution in [0.5, 0.6) is 5.75 Å². The zero-order chi connectivity index (χ0) is 33.8. The Bertz CT molecular complexity index is 1870. The molecule has 4 saturated heterocycles. The van der Waals surface area contributed by atoms with Gasteiger partial charge in [0.05, 0.1) is 20.1 Å². The summed E-state index contributed by atoms with van der Waals surface area (Å²) in [6.45, 7) is 7.32. The number of nitrogens with one attached hydrogen (secondary N) is 2. The normalized spacial score (nSPS) is 38.6. The average Bonchev–Trinajstić information content (AvgIpc) is 3.62. The minimum atomic E-state index is -0.609. The molecule has 2 aliphatic carbocycles. The summed E-state index contributed by atoms with van der Waals surface area (Å²) in [5.41, 5.74) is 6.33. The van der Waals surface area contributed by atoms with E-state index >= 15 is 0 Å². The lowest BCUT2D eigenvalue weighted by molar-refractivity contribution is -0.156. The van der Waals surface area contributed by atoms with Crippen molar-refractivity contribution in [1.29, 1.82) is 0 Å². The van der Waals surface area contributed by atoms with E-state index < -0.39 is 5.54 Å². The fraction of sp³-hybridized carbons (Fsp3) is 0.561. The number of para-hydroxylation sites is 1. The molecule has 6 bridgehead atoms. The number of methoxy groups -OCH3 is 2. The summed E-state index contributed by atoms with van der Waals surface area (Å²) in [7, 11) is 5.40. The standard InChI is InChI=1S/C41H50N4O4/c1-6-23-19-40(20-31-37(23)45(22-40)15-14-41(31)38(46)29-16-25(48-4)12-13-33(29)43-41)30-17-27-24(7-2)21-44(3)34(35(27)39(47)49-5)18-28-26-10-8-9-11-32(26)42-36(28)30/h7-13,16,23,27,30-31,34-35,37,42-43H,6,14-15,17-22H2,1-5H3/b24-7-/t23-,27-,30+,31+,34-,35-,37-,40?,41?/m0/s1. The lowest BCUT2D eigenvalue weighted by atomic mass is 9.47. The predicted molar refractivity (Wildman–Crippen MR) is 191 cm³/mol. The molecule has 10 atom stereocenters. The smallest absolute Gasteiger partial charge is 0.310 e. The highest BCUT2D eigenvalue weighted by Crippen LogP contribution is 2.65. The van der Waals surface area contributed by atoms with Crippen LogP contribution >= 0.6 is 0 Å². The average molecular weight is 663 g/mol. The van der Waals surface area contributed by atoms with Gasteiger partial charge in [-0.15, -0.1) is 0 Å². The Balaban J connectivity index is 1.22. The molecule has 6 heterocycles. The van der Waals surface area contributed by atoms with Gasteiger partial charge in [0.2, 0.25) is 0 Å². The zero-order valence-corrected chi connectivity index (χ0v) is 29.6. The largest absolute Gasteiger partial charge is 0.497 e. The molecule has 5 aliphatic heterocycles. The number of H-pyrrole nitrogens is 1. The molecule has 7 aliphatic rings. The second-order valence-corrected chi connectivity index (χ2v) is 16.2. The molecule has 3 aromatic rings. The van der Waals surface area contributed by atoms with Crippen LogP contribution in [0.3, 0.4) is 0 Å².